The van der Waals surface area contributed by atoms with E-state index in [1.165, 1.54) is 25.7 Å². The van der Waals surface area contributed by atoms with E-state index in [2.05, 4.69) is 28.6 Å². The van der Waals surface area contributed by atoms with Crippen LogP contribution in [-0.4, -0.2) is 19.6 Å². The highest BCUT2D eigenvalue weighted by Gasteiger charge is 2.34. The number of rotatable bonds is 5. The maximum atomic E-state index is 8.91. The van der Waals surface area contributed by atoms with Crippen LogP contribution in [0.5, 0.6) is 0 Å². The molecule has 0 unspecified atom stereocenters. The second-order valence-corrected chi connectivity index (χ2v) is 5.80. The van der Waals surface area contributed by atoms with E-state index in [0.717, 1.165) is 18.1 Å². The standard InChI is InChI=1S/C17H24N4.HI/c1-3-17(8-5-9-17)13-21-16(19-2)20-12-15-7-4-6-14(10-15)11-18;/h4,6-7,10H,3,5,8-9,12-13H2,1-2H3,(H2,19,20,21);1H. The van der Waals surface area contributed by atoms with Gasteiger partial charge in [-0.25, -0.2) is 0 Å². The van der Waals surface area contributed by atoms with Gasteiger partial charge < -0.3 is 10.6 Å². The summed E-state index contributed by atoms with van der Waals surface area (Å²) < 4.78 is 0. The highest BCUT2D eigenvalue weighted by Crippen LogP contribution is 2.42. The summed E-state index contributed by atoms with van der Waals surface area (Å²) in [7, 11) is 1.79. The smallest absolute Gasteiger partial charge is 0.191 e. The summed E-state index contributed by atoms with van der Waals surface area (Å²) in [6.45, 7) is 3.93. The van der Waals surface area contributed by atoms with Crippen LogP contribution in [0.4, 0.5) is 0 Å². The van der Waals surface area contributed by atoms with E-state index in [0.29, 0.717) is 17.5 Å². The number of hydrogen-bond donors (Lipinski definition) is 2. The molecule has 0 aromatic heterocycles. The molecule has 2 rings (SSSR count). The summed E-state index contributed by atoms with van der Waals surface area (Å²) in [5.74, 6) is 0.831. The van der Waals surface area contributed by atoms with Crippen molar-refractivity contribution in [2.45, 2.75) is 39.2 Å². The molecule has 0 saturated heterocycles. The Hall–Kier alpha value is -1.29. The Morgan fingerprint density at radius 2 is 2.14 bits per heavy atom. The van der Waals surface area contributed by atoms with E-state index < -0.39 is 0 Å². The van der Waals surface area contributed by atoms with Crippen LogP contribution in [0.2, 0.25) is 0 Å². The molecule has 0 bridgehead atoms. The molecule has 120 valence electrons. The van der Waals surface area contributed by atoms with Crippen molar-refractivity contribution in [1.82, 2.24) is 10.6 Å². The molecule has 1 fully saturated rings. The van der Waals surface area contributed by atoms with Crippen LogP contribution in [0.3, 0.4) is 0 Å². The van der Waals surface area contributed by atoms with Crippen LogP contribution in [0.1, 0.15) is 43.7 Å². The SMILES string of the molecule is CCC1(CNC(=NC)NCc2cccc(C#N)c2)CCC1.I. The summed E-state index contributed by atoms with van der Waals surface area (Å²) in [6, 6.07) is 9.81. The number of nitrogens with one attached hydrogen (secondary N) is 2. The van der Waals surface area contributed by atoms with E-state index in [1.807, 2.05) is 24.3 Å². The van der Waals surface area contributed by atoms with Gasteiger partial charge in [-0.1, -0.05) is 25.5 Å². The predicted molar refractivity (Wildman–Crippen MR) is 101 cm³/mol. The first-order valence-electron chi connectivity index (χ1n) is 7.65. The fourth-order valence-electron chi connectivity index (χ4n) is 2.76. The molecule has 1 aliphatic carbocycles. The van der Waals surface area contributed by atoms with Crippen LogP contribution in [0.15, 0.2) is 29.3 Å². The Labute approximate surface area is 150 Å². The topological polar surface area (TPSA) is 60.2 Å². The lowest BCUT2D eigenvalue weighted by Gasteiger charge is -2.41. The van der Waals surface area contributed by atoms with Crippen molar-refractivity contribution in [2.24, 2.45) is 10.4 Å². The molecule has 0 amide bonds. The van der Waals surface area contributed by atoms with Crippen LogP contribution in [-0.2, 0) is 6.54 Å². The Morgan fingerprint density at radius 1 is 1.36 bits per heavy atom. The van der Waals surface area contributed by atoms with Gasteiger partial charge in [0.05, 0.1) is 11.6 Å². The molecule has 0 radical (unpaired) electrons. The highest BCUT2D eigenvalue weighted by molar-refractivity contribution is 14.0. The largest absolute Gasteiger partial charge is 0.356 e. The average Bonchev–Trinajstić information content (AvgIpc) is 2.49. The van der Waals surface area contributed by atoms with Gasteiger partial charge in [0.1, 0.15) is 0 Å². The lowest BCUT2D eigenvalue weighted by atomic mass is 9.67. The summed E-state index contributed by atoms with van der Waals surface area (Å²) >= 11 is 0. The number of benzene rings is 1. The molecule has 0 spiro atoms. The third-order valence-electron chi connectivity index (χ3n) is 4.53. The van der Waals surface area contributed by atoms with Crippen LogP contribution >= 0.6 is 24.0 Å². The molecule has 1 aromatic carbocycles. The Balaban J connectivity index is 0.00000242. The minimum atomic E-state index is 0. The van der Waals surface area contributed by atoms with Gasteiger partial charge in [0, 0.05) is 20.1 Å². The number of guanidine groups is 1. The summed E-state index contributed by atoms with van der Waals surface area (Å²) in [4.78, 5) is 4.27. The van der Waals surface area contributed by atoms with Gasteiger partial charge in [0.2, 0.25) is 0 Å². The molecule has 5 heteroatoms. The van der Waals surface area contributed by atoms with Crippen molar-refractivity contribution in [3.8, 4) is 6.07 Å². The third-order valence-corrected chi connectivity index (χ3v) is 4.53. The van der Waals surface area contributed by atoms with Crippen LogP contribution in [0, 0.1) is 16.7 Å². The zero-order chi connectivity index (χ0) is 15.1. The maximum absolute atomic E-state index is 8.91. The van der Waals surface area contributed by atoms with Crippen LogP contribution < -0.4 is 10.6 Å². The van der Waals surface area contributed by atoms with Crippen molar-refractivity contribution >= 4 is 29.9 Å². The van der Waals surface area contributed by atoms with Gasteiger partial charge in [-0.05, 0) is 42.4 Å². The van der Waals surface area contributed by atoms with Crippen LogP contribution in [0.25, 0.3) is 0 Å². The molecule has 1 saturated carbocycles. The van der Waals surface area contributed by atoms with Gasteiger partial charge in [0.15, 0.2) is 5.96 Å². The maximum Gasteiger partial charge on any atom is 0.191 e. The molecule has 4 nitrogen and oxygen atoms in total. The fraction of sp³-hybridized carbons (Fsp3) is 0.529. The Kier molecular flexibility index (Phi) is 7.66. The zero-order valence-corrected chi connectivity index (χ0v) is 15.7. The van der Waals surface area contributed by atoms with Gasteiger partial charge in [-0.15, -0.1) is 24.0 Å². The molecule has 0 aliphatic heterocycles. The molecule has 1 aliphatic rings. The molecular weight excluding hydrogens is 387 g/mol. The molecule has 0 heterocycles. The minimum Gasteiger partial charge on any atom is -0.356 e. The number of hydrogen-bond acceptors (Lipinski definition) is 2. The van der Waals surface area contributed by atoms with E-state index >= 15 is 0 Å². The summed E-state index contributed by atoms with van der Waals surface area (Å²) in [6.07, 6.45) is 5.21. The second kappa shape index (κ2) is 8.99. The normalized spacial score (nSPS) is 16.0. The predicted octanol–water partition coefficient (Wildman–Crippen LogP) is 3.42. The first kappa shape index (κ1) is 18.8. The van der Waals surface area contributed by atoms with Crippen molar-refractivity contribution in [2.75, 3.05) is 13.6 Å². The molecule has 0 atom stereocenters. The highest BCUT2D eigenvalue weighted by atomic mass is 127. The van der Waals surface area contributed by atoms with E-state index in [9.17, 15) is 0 Å². The van der Waals surface area contributed by atoms with Gasteiger partial charge in [-0.3, -0.25) is 4.99 Å². The number of aliphatic imine (C=N–C) groups is 1. The molecule has 1 aromatic rings. The second-order valence-electron chi connectivity index (χ2n) is 5.80. The van der Waals surface area contributed by atoms with Crippen molar-refractivity contribution < 1.29 is 0 Å². The van der Waals surface area contributed by atoms with Crippen molar-refractivity contribution in [1.29, 1.82) is 5.26 Å². The first-order valence-corrected chi connectivity index (χ1v) is 7.65. The van der Waals surface area contributed by atoms with Gasteiger partial charge >= 0.3 is 0 Å². The monoisotopic (exact) mass is 412 g/mol. The quantitative estimate of drug-likeness (QED) is 0.443. The minimum absolute atomic E-state index is 0. The molecule has 2 N–H and O–H groups in total. The van der Waals surface area contributed by atoms with E-state index in [4.69, 9.17) is 5.26 Å². The lowest BCUT2D eigenvalue weighted by Crippen LogP contribution is -2.46. The lowest BCUT2D eigenvalue weighted by molar-refractivity contribution is 0.131. The number of nitriles is 1. The van der Waals surface area contributed by atoms with E-state index in [-0.39, 0.29) is 24.0 Å². The first-order chi connectivity index (χ1) is 10.2. The fourth-order valence-corrected chi connectivity index (χ4v) is 2.76. The third kappa shape index (κ3) is 4.87. The average molecular weight is 412 g/mol. The summed E-state index contributed by atoms with van der Waals surface area (Å²) in [5.41, 5.74) is 2.25. The molecule has 22 heavy (non-hydrogen) atoms. The molecular formula is C17H25IN4. The zero-order valence-electron chi connectivity index (χ0n) is 13.4. The number of halogens is 1. The van der Waals surface area contributed by atoms with Crippen molar-refractivity contribution in [3.05, 3.63) is 35.4 Å². The van der Waals surface area contributed by atoms with Gasteiger partial charge in [0.25, 0.3) is 0 Å². The van der Waals surface area contributed by atoms with Crippen molar-refractivity contribution in [3.63, 3.8) is 0 Å². The summed E-state index contributed by atoms with van der Waals surface area (Å²) in [5, 5.41) is 15.7. The Bertz CT molecular complexity index is 538. The number of nitrogens with zero attached hydrogens (tertiary/aromatic N) is 2. The van der Waals surface area contributed by atoms with Gasteiger partial charge in [-0.2, -0.15) is 5.26 Å². The Morgan fingerprint density at radius 3 is 2.68 bits per heavy atom. The van der Waals surface area contributed by atoms with E-state index in [1.54, 1.807) is 7.05 Å².